The van der Waals surface area contributed by atoms with Gasteiger partial charge in [-0.15, -0.1) is 0 Å². The number of benzene rings is 8. The van der Waals surface area contributed by atoms with Gasteiger partial charge in [0.05, 0.1) is 51.0 Å². The fraction of sp³-hybridized carbons (Fsp3) is 0.160. The first-order valence-corrected chi connectivity index (χ1v) is 19.7. The molecule has 0 radical (unpaired) electrons. The van der Waals surface area contributed by atoms with Gasteiger partial charge in [0.1, 0.15) is 24.7 Å². The van der Waals surface area contributed by atoms with Gasteiger partial charge in [-0.25, -0.2) is 0 Å². The van der Waals surface area contributed by atoms with E-state index in [2.05, 4.69) is 59.2 Å². The molecule has 0 unspecified atom stereocenters. The molecule has 296 valence electrons. The average molecular weight is 785 g/mol. The molecule has 8 rings (SSSR count). The summed E-state index contributed by atoms with van der Waals surface area (Å²) in [6, 6.07) is 51.1. The fourth-order valence-corrected chi connectivity index (χ4v) is 6.91. The Bertz CT molecular complexity index is 2550. The lowest BCUT2D eigenvalue weighted by atomic mass is 10.0. The molecule has 8 aromatic rings. The van der Waals surface area contributed by atoms with Gasteiger partial charge in [-0.05, 0) is 116 Å². The van der Waals surface area contributed by atoms with Crippen molar-refractivity contribution < 1.29 is 33.3 Å². The molecule has 0 saturated heterocycles. The number of ether oxygens (including phenoxy) is 5. The Morgan fingerprint density at radius 3 is 1.07 bits per heavy atom. The van der Waals surface area contributed by atoms with Crippen LogP contribution in [0.2, 0.25) is 0 Å². The van der Waals surface area contributed by atoms with Crippen LogP contribution in [-0.2, 0) is 14.2 Å². The normalized spacial score (nSPS) is 11.3. The van der Waals surface area contributed by atoms with Crippen molar-refractivity contribution in [1.29, 1.82) is 0 Å². The lowest BCUT2D eigenvalue weighted by Crippen LogP contribution is -2.16. The molecule has 2 amide bonds. The first kappa shape index (κ1) is 39.1. The Labute approximate surface area is 342 Å². The summed E-state index contributed by atoms with van der Waals surface area (Å²) in [6.45, 7) is 2.98. The summed E-state index contributed by atoms with van der Waals surface area (Å²) in [5.41, 5.74) is 2.32. The van der Waals surface area contributed by atoms with Crippen LogP contribution in [0.3, 0.4) is 0 Å². The predicted molar refractivity (Wildman–Crippen MR) is 235 cm³/mol. The second kappa shape index (κ2) is 19.1. The van der Waals surface area contributed by atoms with Crippen molar-refractivity contribution in [2.45, 2.75) is 0 Å². The van der Waals surface area contributed by atoms with E-state index in [-0.39, 0.29) is 11.8 Å². The number of anilines is 2. The van der Waals surface area contributed by atoms with Crippen molar-refractivity contribution in [3.05, 3.63) is 169 Å². The summed E-state index contributed by atoms with van der Waals surface area (Å²) in [4.78, 5) is 26.4. The van der Waals surface area contributed by atoms with Crippen LogP contribution < -0.4 is 20.1 Å². The summed E-state index contributed by atoms with van der Waals surface area (Å²) in [5, 5.41) is 14.8. The number of rotatable bonds is 18. The molecule has 0 aromatic heterocycles. The number of amides is 2. The minimum Gasteiger partial charge on any atom is -0.489 e. The van der Waals surface area contributed by atoms with Crippen LogP contribution in [0.5, 0.6) is 11.5 Å². The third-order valence-corrected chi connectivity index (χ3v) is 9.92. The zero-order chi connectivity index (χ0) is 40.2. The summed E-state index contributed by atoms with van der Waals surface area (Å²) in [5.74, 6) is 0.715. The topological polar surface area (TPSA) is 104 Å². The molecule has 0 fully saturated rings. The Kier molecular flexibility index (Phi) is 12.7. The zero-order valence-electron chi connectivity index (χ0n) is 32.5. The Morgan fingerprint density at radius 2 is 0.661 bits per heavy atom. The largest absolute Gasteiger partial charge is 0.489 e. The standard InChI is InChI=1S/C50H44N2O7/c53-49(41-19-17-39-29-35-9-1-3-11-37(35)31-43(39)33-41)51-45-13-5-7-15-47(45)58-27-25-56-23-21-55-22-24-57-26-28-59-48-16-8-6-14-46(48)52-50(54)42-20-18-40-30-36-10-2-4-12-38(36)32-44(40)34-42/h1-20,29-34H,21-28H2,(H,51,53)(H,52,54). The third kappa shape index (κ3) is 10.0. The van der Waals surface area contributed by atoms with Gasteiger partial charge in [0.2, 0.25) is 0 Å². The molecule has 0 bridgehead atoms. The number of carbonyl (C=O) groups is 2. The quantitative estimate of drug-likeness (QED) is 0.0659. The molecule has 0 atom stereocenters. The maximum absolute atomic E-state index is 13.2. The van der Waals surface area contributed by atoms with Crippen molar-refractivity contribution in [2.24, 2.45) is 0 Å². The van der Waals surface area contributed by atoms with Crippen molar-refractivity contribution in [3.8, 4) is 11.5 Å². The number of fused-ring (bicyclic) bond motifs is 4. The molecule has 9 heteroatoms. The Balaban J connectivity index is 0.696. The summed E-state index contributed by atoms with van der Waals surface area (Å²) >= 11 is 0. The molecule has 9 nitrogen and oxygen atoms in total. The van der Waals surface area contributed by atoms with E-state index in [9.17, 15) is 9.59 Å². The summed E-state index contributed by atoms with van der Waals surface area (Å²) < 4.78 is 28.9. The molecule has 59 heavy (non-hydrogen) atoms. The van der Waals surface area contributed by atoms with Crippen LogP contribution in [0.4, 0.5) is 11.4 Å². The van der Waals surface area contributed by atoms with Crippen LogP contribution in [0.25, 0.3) is 43.1 Å². The lowest BCUT2D eigenvalue weighted by molar-refractivity contribution is 0.00505. The first-order chi connectivity index (χ1) is 29.1. The van der Waals surface area contributed by atoms with Crippen LogP contribution in [0.1, 0.15) is 20.7 Å². The van der Waals surface area contributed by atoms with Gasteiger partial charge < -0.3 is 34.3 Å². The second-order valence-corrected chi connectivity index (χ2v) is 14.0. The van der Waals surface area contributed by atoms with Crippen LogP contribution in [0.15, 0.2) is 158 Å². The molecule has 0 aliphatic rings. The van der Waals surface area contributed by atoms with Crippen LogP contribution in [-0.4, -0.2) is 64.7 Å². The minimum atomic E-state index is -0.209. The highest BCUT2D eigenvalue weighted by molar-refractivity contribution is 6.09. The van der Waals surface area contributed by atoms with Crippen molar-refractivity contribution in [3.63, 3.8) is 0 Å². The molecule has 0 spiro atoms. The van der Waals surface area contributed by atoms with Gasteiger partial charge in [0, 0.05) is 11.1 Å². The van der Waals surface area contributed by atoms with Gasteiger partial charge in [0.15, 0.2) is 0 Å². The number of nitrogens with one attached hydrogen (secondary N) is 2. The second-order valence-electron chi connectivity index (χ2n) is 14.0. The van der Waals surface area contributed by atoms with E-state index >= 15 is 0 Å². The van der Waals surface area contributed by atoms with E-state index in [4.69, 9.17) is 23.7 Å². The maximum Gasteiger partial charge on any atom is 0.255 e. The van der Waals surface area contributed by atoms with Gasteiger partial charge >= 0.3 is 0 Å². The number of para-hydroxylation sites is 4. The number of carbonyl (C=O) groups excluding carboxylic acids is 2. The van der Waals surface area contributed by atoms with E-state index in [1.165, 1.54) is 10.8 Å². The van der Waals surface area contributed by atoms with E-state index in [1.807, 2.05) is 109 Å². The number of hydrogen-bond acceptors (Lipinski definition) is 7. The molecule has 0 aliphatic carbocycles. The highest BCUT2D eigenvalue weighted by atomic mass is 16.6. The zero-order valence-corrected chi connectivity index (χ0v) is 32.5. The maximum atomic E-state index is 13.2. The molecule has 0 saturated carbocycles. The summed E-state index contributed by atoms with van der Waals surface area (Å²) in [6.07, 6.45) is 0. The monoisotopic (exact) mass is 784 g/mol. The van der Waals surface area contributed by atoms with E-state index < -0.39 is 0 Å². The van der Waals surface area contributed by atoms with Gasteiger partial charge in [-0.2, -0.15) is 0 Å². The number of hydrogen-bond donors (Lipinski definition) is 2. The van der Waals surface area contributed by atoms with Crippen molar-refractivity contribution >= 4 is 66.3 Å². The molecular formula is C50H44N2O7. The van der Waals surface area contributed by atoms with E-state index in [0.717, 1.165) is 32.3 Å². The highest BCUT2D eigenvalue weighted by Crippen LogP contribution is 2.29. The van der Waals surface area contributed by atoms with E-state index in [0.29, 0.717) is 86.9 Å². The first-order valence-electron chi connectivity index (χ1n) is 19.7. The van der Waals surface area contributed by atoms with Gasteiger partial charge in [-0.1, -0.05) is 84.9 Å². The van der Waals surface area contributed by atoms with Gasteiger partial charge in [0.25, 0.3) is 11.8 Å². The van der Waals surface area contributed by atoms with Crippen LogP contribution >= 0.6 is 0 Å². The third-order valence-electron chi connectivity index (χ3n) is 9.92. The SMILES string of the molecule is O=C(Nc1ccccc1OCCOCCOCCOCCOc1ccccc1NC(=O)c1ccc2cc3ccccc3cc2c1)c1ccc2cc3ccccc3cc2c1. The summed E-state index contributed by atoms with van der Waals surface area (Å²) in [7, 11) is 0. The Morgan fingerprint density at radius 1 is 0.339 bits per heavy atom. The van der Waals surface area contributed by atoms with Crippen molar-refractivity contribution in [2.75, 3.05) is 63.5 Å². The minimum absolute atomic E-state index is 0.209. The predicted octanol–water partition coefficient (Wildman–Crippen LogP) is 10.3. The molecule has 8 aromatic carbocycles. The fourth-order valence-electron chi connectivity index (χ4n) is 6.91. The van der Waals surface area contributed by atoms with Crippen LogP contribution in [0, 0.1) is 0 Å². The molecule has 2 N–H and O–H groups in total. The van der Waals surface area contributed by atoms with Crippen molar-refractivity contribution in [1.82, 2.24) is 0 Å². The Hall–Kier alpha value is -6.78. The van der Waals surface area contributed by atoms with E-state index in [1.54, 1.807) is 0 Å². The lowest BCUT2D eigenvalue weighted by Gasteiger charge is -2.13. The average Bonchev–Trinajstić information content (AvgIpc) is 3.27. The smallest absolute Gasteiger partial charge is 0.255 e. The molecular weight excluding hydrogens is 741 g/mol. The molecule has 0 heterocycles. The molecule has 0 aliphatic heterocycles. The highest BCUT2D eigenvalue weighted by Gasteiger charge is 2.13. The van der Waals surface area contributed by atoms with Gasteiger partial charge in [-0.3, -0.25) is 9.59 Å².